The zero-order valence-electron chi connectivity index (χ0n) is 17.1. The SMILES string of the molecule is CC(C)(C)OC(=O)N[C@@H](CO[PH](O)(OC(C)(C)C)OC(C)(C)C)C(=O)O. The van der Waals surface area contributed by atoms with Gasteiger partial charge in [0.25, 0.3) is 0 Å². The van der Waals surface area contributed by atoms with Gasteiger partial charge in [0.2, 0.25) is 0 Å². The molecular formula is C16H34NO8P. The second kappa shape index (κ2) is 8.80. The Morgan fingerprint density at radius 1 is 0.923 bits per heavy atom. The Bertz CT molecular complexity index is 474. The standard InChI is InChI=1S/C16H34NO8P/c1-14(2,3)23-13(20)17-11(12(18)19)10-22-26(21,24-15(4,5)6)25-16(7,8)9/h11,21,26H,10H2,1-9H3,(H,17,20)(H,18,19)/t11-/m0/s1. The molecule has 0 aromatic rings. The van der Waals surface area contributed by atoms with Gasteiger partial charge in [0, 0.05) is 0 Å². The predicted octanol–water partition coefficient (Wildman–Crippen LogP) is 3.01. The average molecular weight is 399 g/mol. The summed E-state index contributed by atoms with van der Waals surface area (Å²) in [5, 5.41) is 11.5. The van der Waals surface area contributed by atoms with Gasteiger partial charge in [-0.2, -0.15) is 0 Å². The number of carbonyl (C=O) groups is 2. The molecule has 0 spiro atoms. The molecule has 0 saturated carbocycles. The molecular weight excluding hydrogens is 365 g/mol. The van der Waals surface area contributed by atoms with E-state index in [0.717, 1.165) is 0 Å². The van der Waals surface area contributed by atoms with Gasteiger partial charge in [-0.3, -0.25) is 0 Å². The van der Waals surface area contributed by atoms with Gasteiger partial charge in [0.15, 0.2) is 0 Å². The molecule has 9 nitrogen and oxygen atoms in total. The van der Waals surface area contributed by atoms with Crippen LogP contribution in [0.15, 0.2) is 0 Å². The molecule has 0 rings (SSSR count). The molecule has 0 aliphatic heterocycles. The number of carboxylic acid groups (broad SMARTS) is 1. The Balaban J connectivity index is 5.13. The first-order valence-corrected chi connectivity index (χ1v) is 9.98. The summed E-state index contributed by atoms with van der Waals surface area (Å²) in [6.07, 6.45) is -0.910. The van der Waals surface area contributed by atoms with Crippen molar-refractivity contribution in [3.05, 3.63) is 0 Å². The van der Waals surface area contributed by atoms with Crippen molar-refractivity contribution in [2.45, 2.75) is 85.2 Å². The number of amides is 1. The van der Waals surface area contributed by atoms with Crippen LogP contribution in [0.3, 0.4) is 0 Å². The summed E-state index contributed by atoms with van der Waals surface area (Å²) in [5.41, 5.74) is -2.36. The van der Waals surface area contributed by atoms with E-state index in [0.29, 0.717) is 0 Å². The van der Waals surface area contributed by atoms with Crippen LogP contribution in [0.1, 0.15) is 62.3 Å². The summed E-state index contributed by atoms with van der Waals surface area (Å²) in [6.45, 7) is 14.6. The van der Waals surface area contributed by atoms with Gasteiger partial charge in [-0.15, -0.1) is 0 Å². The third kappa shape index (κ3) is 12.4. The van der Waals surface area contributed by atoms with Gasteiger partial charge in [-0.05, 0) is 0 Å². The van der Waals surface area contributed by atoms with E-state index in [1.807, 2.05) is 0 Å². The van der Waals surface area contributed by atoms with Crippen LogP contribution in [0, 0.1) is 0 Å². The van der Waals surface area contributed by atoms with Crippen molar-refractivity contribution in [3.63, 3.8) is 0 Å². The number of rotatable bonds is 7. The number of ether oxygens (including phenoxy) is 1. The molecule has 0 unspecified atom stereocenters. The first-order chi connectivity index (χ1) is 11.3. The second-order valence-electron chi connectivity index (χ2n) is 8.80. The Kier molecular flexibility index (Phi) is 8.46. The molecule has 156 valence electrons. The summed E-state index contributed by atoms with van der Waals surface area (Å²) in [6, 6.07) is -1.45. The van der Waals surface area contributed by atoms with Gasteiger partial charge in [0.1, 0.15) is 0 Å². The monoisotopic (exact) mass is 399 g/mol. The maximum atomic E-state index is 11.8. The van der Waals surface area contributed by atoms with E-state index in [1.54, 1.807) is 62.3 Å². The van der Waals surface area contributed by atoms with Gasteiger partial charge >= 0.3 is 155 Å². The molecule has 0 aliphatic rings. The zero-order chi connectivity index (χ0) is 21.0. The van der Waals surface area contributed by atoms with Crippen molar-refractivity contribution in [2.75, 3.05) is 6.61 Å². The number of hydrogen-bond donors (Lipinski definition) is 3. The first-order valence-electron chi connectivity index (χ1n) is 8.31. The van der Waals surface area contributed by atoms with Gasteiger partial charge in [-0.1, -0.05) is 0 Å². The van der Waals surface area contributed by atoms with Crippen LogP contribution in [-0.2, 0) is 23.1 Å². The second-order valence-corrected chi connectivity index (χ2v) is 10.5. The van der Waals surface area contributed by atoms with Gasteiger partial charge in [0.05, 0.1) is 0 Å². The molecule has 3 N–H and O–H groups in total. The Hall–Kier alpha value is -0.990. The molecule has 0 aliphatic carbocycles. The summed E-state index contributed by atoms with van der Waals surface area (Å²) >= 11 is 0. The van der Waals surface area contributed by atoms with Crippen molar-refractivity contribution < 1.29 is 37.9 Å². The molecule has 0 bridgehead atoms. The third-order valence-corrected chi connectivity index (χ3v) is 4.56. The van der Waals surface area contributed by atoms with E-state index in [4.69, 9.17) is 18.3 Å². The third-order valence-electron chi connectivity index (χ3n) is 2.29. The summed E-state index contributed by atoms with van der Waals surface area (Å²) < 4.78 is 21.4. The Labute approximate surface area is 156 Å². The predicted molar refractivity (Wildman–Crippen MR) is 99.0 cm³/mol. The number of aliphatic carboxylic acids is 1. The Morgan fingerprint density at radius 2 is 1.35 bits per heavy atom. The minimum absolute atomic E-state index is 0.552. The van der Waals surface area contributed by atoms with E-state index in [9.17, 15) is 19.6 Å². The maximum absolute atomic E-state index is 11.8. The fourth-order valence-corrected chi connectivity index (χ4v) is 3.75. The number of nitrogens with one attached hydrogen (secondary N) is 1. The molecule has 10 heteroatoms. The number of hydrogen-bond acceptors (Lipinski definition) is 7. The molecule has 0 fully saturated rings. The molecule has 0 heterocycles. The van der Waals surface area contributed by atoms with E-state index in [-0.39, 0.29) is 0 Å². The van der Waals surface area contributed by atoms with Gasteiger partial charge < -0.3 is 0 Å². The van der Waals surface area contributed by atoms with E-state index in [2.05, 4.69) is 5.32 Å². The van der Waals surface area contributed by atoms with Crippen molar-refractivity contribution in [1.82, 2.24) is 5.32 Å². The zero-order valence-corrected chi connectivity index (χ0v) is 18.1. The van der Waals surface area contributed by atoms with Crippen LogP contribution < -0.4 is 5.32 Å². The Morgan fingerprint density at radius 3 is 1.65 bits per heavy atom. The first kappa shape index (κ1) is 25.0. The molecule has 1 atom stereocenters. The molecule has 0 aromatic carbocycles. The summed E-state index contributed by atoms with van der Waals surface area (Å²) in [7, 11) is -4.18. The van der Waals surface area contributed by atoms with Crippen molar-refractivity contribution in [3.8, 4) is 0 Å². The van der Waals surface area contributed by atoms with Crippen LogP contribution >= 0.6 is 8.17 Å². The summed E-state index contributed by atoms with van der Waals surface area (Å²) in [4.78, 5) is 33.8. The quantitative estimate of drug-likeness (QED) is 0.558. The fraction of sp³-hybridized carbons (Fsp3) is 0.875. The molecule has 0 saturated heterocycles. The van der Waals surface area contributed by atoms with Crippen LogP contribution in [0.5, 0.6) is 0 Å². The van der Waals surface area contributed by atoms with Crippen LogP contribution in [0.2, 0.25) is 0 Å². The topological polar surface area (TPSA) is 124 Å². The average Bonchev–Trinajstić information content (AvgIpc) is 2.26. The van der Waals surface area contributed by atoms with E-state index >= 15 is 0 Å². The van der Waals surface area contributed by atoms with E-state index < -0.39 is 49.7 Å². The minimum atomic E-state index is -4.18. The van der Waals surface area contributed by atoms with Crippen LogP contribution in [-0.4, -0.2) is 51.5 Å². The number of carbonyl (C=O) groups excluding carboxylic acids is 1. The fourth-order valence-electron chi connectivity index (χ4n) is 1.67. The molecule has 26 heavy (non-hydrogen) atoms. The normalized spacial score (nSPS) is 15.3. The summed E-state index contributed by atoms with van der Waals surface area (Å²) in [5.74, 6) is -1.35. The van der Waals surface area contributed by atoms with Crippen molar-refractivity contribution in [1.29, 1.82) is 0 Å². The van der Waals surface area contributed by atoms with Crippen LogP contribution in [0.4, 0.5) is 4.79 Å². The van der Waals surface area contributed by atoms with Crippen molar-refractivity contribution >= 4 is 20.2 Å². The number of carboxylic acids is 1. The molecule has 0 aromatic heterocycles. The molecule has 1 amide bonds. The van der Waals surface area contributed by atoms with Crippen LogP contribution in [0.25, 0.3) is 0 Å². The number of alkyl carbamates (subject to hydrolysis) is 1. The van der Waals surface area contributed by atoms with Gasteiger partial charge in [-0.25, -0.2) is 0 Å². The molecule has 0 radical (unpaired) electrons. The van der Waals surface area contributed by atoms with Crippen molar-refractivity contribution in [2.24, 2.45) is 0 Å². The van der Waals surface area contributed by atoms with E-state index in [1.165, 1.54) is 0 Å².